The normalized spacial score (nSPS) is 10.8. The molecule has 0 unspecified atom stereocenters. The van der Waals surface area contributed by atoms with Gasteiger partial charge in [-0.25, -0.2) is 9.67 Å². The lowest BCUT2D eigenvalue weighted by molar-refractivity contribution is 0.0988. The maximum Gasteiger partial charge on any atom is 0.171 e. The summed E-state index contributed by atoms with van der Waals surface area (Å²) in [6, 6.07) is 5.51. The maximum atomic E-state index is 12.4. The van der Waals surface area contributed by atoms with Gasteiger partial charge in [0.2, 0.25) is 0 Å². The van der Waals surface area contributed by atoms with Crippen molar-refractivity contribution in [3.8, 4) is 5.75 Å². The summed E-state index contributed by atoms with van der Waals surface area (Å²) in [5.41, 5.74) is 0.586. The number of Topliss-reactive ketones (excluding diaryl/α,β-unsaturated/α-hetero) is 1. The van der Waals surface area contributed by atoms with Crippen LogP contribution in [-0.4, -0.2) is 27.7 Å². The van der Waals surface area contributed by atoms with Gasteiger partial charge in [-0.1, -0.05) is 15.9 Å². The van der Waals surface area contributed by atoms with E-state index in [9.17, 15) is 4.79 Å². The van der Waals surface area contributed by atoms with Crippen LogP contribution in [0.2, 0.25) is 0 Å². The zero-order valence-corrected chi connectivity index (χ0v) is 13.2. The van der Waals surface area contributed by atoms with Crippen molar-refractivity contribution in [2.24, 2.45) is 0 Å². The molecule has 5 nitrogen and oxygen atoms in total. The molecule has 2 aromatic rings. The Balaban J connectivity index is 2.26. The summed E-state index contributed by atoms with van der Waals surface area (Å²) < 4.78 is 7.66. The highest BCUT2D eigenvalue weighted by molar-refractivity contribution is 9.10. The Bertz CT molecular complexity index is 623. The van der Waals surface area contributed by atoms with Crippen LogP contribution in [0.15, 0.2) is 29.0 Å². The molecule has 1 aromatic carbocycles. The second-order valence-corrected chi connectivity index (χ2v) is 5.51. The van der Waals surface area contributed by atoms with Crippen molar-refractivity contribution < 1.29 is 9.53 Å². The number of aromatic nitrogens is 3. The number of ether oxygens (including phenoxy) is 1. The molecule has 0 radical (unpaired) electrons. The van der Waals surface area contributed by atoms with Crippen LogP contribution in [0.3, 0.4) is 0 Å². The van der Waals surface area contributed by atoms with Crippen LogP contribution in [0.1, 0.15) is 36.1 Å². The molecule has 0 aliphatic rings. The Morgan fingerprint density at radius 3 is 2.85 bits per heavy atom. The molecule has 20 heavy (non-hydrogen) atoms. The van der Waals surface area contributed by atoms with E-state index >= 15 is 0 Å². The van der Waals surface area contributed by atoms with Crippen LogP contribution >= 0.6 is 15.9 Å². The van der Waals surface area contributed by atoms with Crippen molar-refractivity contribution in [3.63, 3.8) is 0 Å². The number of ketones is 1. The number of hydrogen-bond acceptors (Lipinski definition) is 4. The van der Waals surface area contributed by atoms with Crippen molar-refractivity contribution in [2.75, 3.05) is 7.11 Å². The van der Waals surface area contributed by atoms with Gasteiger partial charge in [-0.2, -0.15) is 5.10 Å². The molecule has 0 atom stereocenters. The van der Waals surface area contributed by atoms with Crippen LogP contribution in [0.4, 0.5) is 0 Å². The van der Waals surface area contributed by atoms with Crippen molar-refractivity contribution in [1.82, 2.24) is 14.8 Å². The summed E-state index contributed by atoms with van der Waals surface area (Å²) in [4.78, 5) is 16.6. The summed E-state index contributed by atoms with van der Waals surface area (Å²) in [5.74, 6) is 1.30. The van der Waals surface area contributed by atoms with Gasteiger partial charge in [-0.05, 0) is 32.0 Å². The number of carbonyl (C=O) groups is 1. The van der Waals surface area contributed by atoms with Gasteiger partial charge in [-0.3, -0.25) is 4.79 Å². The average Bonchev–Trinajstić information content (AvgIpc) is 2.87. The lowest BCUT2D eigenvalue weighted by Crippen LogP contribution is -2.13. The predicted molar refractivity (Wildman–Crippen MR) is 79.1 cm³/mol. The Morgan fingerprint density at radius 2 is 2.20 bits per heavy atom. The monoisotopic (exact) mass is 337 g/mol. The minimum absolute atomic E-state index is 0.0225. The zero-order chi connectivity index (χ0) is 14.7. The van der Waals surface area contributed by atoms with E-state index in [0.29, 0.717) is 17.1 Å². The molecule has 0 saturated carbocycles. The molecule has 0 fully saturated rings. The number of methoxy groups -OCH3 is 1. The summed E-state index contributed by atoms with van der Waals surface area (Å²) in [7, 11) is 1.58. The standard InChI is InChI=1S/C14H16BrN3O2/c1-9(2)18-14(16-8-17-18)7-13(19)11-6-10(20-3)4-5-12(11)15/h4-6,8-9H,7H2,1-3H3. The zero-order valence-electron chi connectivity index (χ0n) is 11.6. The van der Waals surface area contributed by atoms with E-state index in [1.807, 2.05) is 13.8 Å². The molecule has 2 rings (SSSR count). The van der Waals surface area contributed by atoms with Crippen LogP contribution < -0.4 is 4.74 Å². The predicted octanol–water partition coefficient (Wildman–Crippen LogP) is 3.06. The molecular formula is C14H16BrN3O2. The van der Waals surface area contributed by atoms with Crippen molar-refractivity contribution in [1.29, 1.82) is 0 Å². The van der Waals surface area contributed by atoms with Gasteiger partial charge >= 0.3 is 0 Å². The SMILES string of the molecule is COc1ccc(Br)c(C(=O)Cc2ncnn2C(C)C)c1. The molecule has 0 aliphatic carbocycles. The van der Waals surface area contributed by atoms with Crippen molar-refractivity contribution in [3.05, 3.63) is 40.4 Å². The number of halogens is 1. The van der Waals surface area contributed by atoms with Gasteiger partial charge in [0.15, 0.2) is 5.78 Å². The van der Waals surface area contributed by atoms with Crippen LogP contribution in [0, 0.1) is 0 Å². The topological polar surface area (TPSA) is 57.0 Å². The van der Waals surface area contributed by atoms with Gasteiger partial charge in [0.1, 0.15) is 17.9 Å². The molecular weight excluding hydrogens is 322 g/mol. The number of hydrogen-bond donors (Lipinski definition) is 0. The minimum atomic E-state index is -0.0225. The van der Waals surface area contributed by atoms with E-state index in [0.717, 1.165) is 4.47 Å². The molecule has 1 heterocycles. The number of carbonyl (C=O) groups excluding carboxylic acids is 1. The first-order chi connectivity index (χ1) is 9.52. The van der Waals surface area contributed by atoms with E-state index in [2.05, 4.69) is 26.0 Å². The van der Waals surface area contributed by atoms with Gasteiger partial charge in [0.25, 0.3) is 0 Å². The second-order valence-electron chi connectivity index (χ2n) is 4.66. The molecule has 0 saturated heterocycles. The summed E-state index contributed by atoms with van der Waals surface area (Å²) in [6.07, 6.45) is 1.69. The number of nitrogens with zero attached hydrogens (tertiary/aromatic N) is 3. The molecule has 0 amide bonds. The number of rotatable bonds is 5. The maximum absolute atomic E-state index is 12.4. The average molecular weight is 338 g/mol. The fraction of sp³-hybridized carbons (Fsp3) is 0.357. The molecule has 106 valence electrons. The van der Waals surface area contributed by atoms with E-state index in [4.69, 9.17) is 4.74 Å². The van der Waals surface area contributed by atoms with Gasteiger partial charge < -0.3 is 4.74 Å². The van der Waals surface area contributed by atoms with Gasteiger partial charge in [0.05, 0.1) is 13.5 Å². The van der Waals surface area contributed by atoms with E-state index < -0.39 is 0 Å². The summed E-state index contributed by atoms with van der Waals surface area (Å²) >= 11 is 3.39. The van der Waals surface area contributed by atoms with Crippen LogP contribution in [-0.2, 0) is 6.42 Å². The Morgan fingerprint density at radius 1 is 1.45 bits per heavy atom. The molecule has 1 aromatic heterocycles. The first-order valence-corrected chi connectivity index (χ1v) is 7.07. The molecule has 6 heteroatoms. The highest BCUT2D eigenvalue weighted by Gasteiger charge is 2.16. The Kier molecular flexibility index (Phi) is 4.54. The third-order valence-corrected chi connectivity index (χ3v) is 3.62. The molecule has 0 N–H and O–H groups in total. The number of benzene rings is 1. The largest absolute Gasteiger partial charge is 0.497 e. The third kappa shape index (κ3) is 3.07. The van der Waals surface area contributed by atoms with Gasteiger partial charge in [-0.15, -0.1) is 0 Å². The fourth-order valence-corrected chi connectivity index (χ4v) is 2.38. The second kappa shape index (κ2) is 6.17. The van der Waals surface area contributed by atoms with Crippen LogP contribution in [0.5, 0.6) is 5.75 Å². The van der Waals surface area contributed by atoms with E-state index in [1.165, 1.54) is 6.33 Å². The fourth-order valence-electron chi connectivity index (χ4n) is 1.92. The smallest absolute Gasteiger partial charge is 0.171 e. The van der Waals surface area contributed by atoms with Crippen LogP contribution in [0.25, 0.3) is 0 Å². The lowest BCUT2D eigenvalue weighted by atomic mass is 10.1. The van der Waals surface area contributed by atoms with E-state index in [1.54, 1.807) is 30.0 Å². The third-order valence-electron chi connectivity index (χ3n) is 2.93. The first kappa shape index (κ1) is 14.7. The minimum Gasteiger partial charge on any atom is -0.497 e. The Hall–Kier alpha value is -1.69. The lowest BCUT2D eigenvalue weighted by Gasteiger charge is -2.10. The van der Waals surface area contributed by atoms with Crippen molar-refractivity contribution in [2.45, 2.75) is 26.3 Å². The van der Waals surface area contributed by atoms with Crippen molar-refractivity contribution >= 4 is 21.7 Å². The first-order valence-electron chi connectivity index (χ1n) is 6.28. The molecule has 0 bridgehead atoms. The summed E-state index contributed by atoms with van der Waals surface area (Å²) in [6.45, 7) is 4.01. The Labute approximate surface area is 126 Å². The molecule has 0 spiro atoms. The highest BCUT2D eigenvalue weighted by Crippen LogP contribution is 2.24. The van der Waals surface area contributed by atoms with Gasteiger partial charge in [0, 0.05) is 16.1 Å². The highest BCUT2D eigenvalue weighted by atomic mass is 79.9. The van der Waals surface area contributed by atoms with E-state index in [-0.39, 0.29) is 18.2 Å². The molecule has 0 aliphatic heterocycles. The summed E-state index contributed by atoms with van der Waals surface area (Å²) in [5, 5.41) is 4.14. The quantitative estimate of drug-likeness (QED) is 0.787.